The SMILES string of the molecule is OC1C2CC3C4C1C4C2C31OCCO1. The van der Waals surface area contributed by atoms with Crippen LogP contribution in [-0.2, 0) is 9.47 Å². The van der Waals surface area contributed by atoms with E-state index in [4.69, 9.17) is 9.47 Å². The number of ether oxygens (including phenoxy) is 2. The second-order valence-corrected chi connectivity index (χ2v) is 5.67. The van der Waals surface area contributed by atoms with Crippen LogP contribution in [0.5, 0.6) is 0 Å². The molecule has 5 rings (SSSR count). The predicted molar refractivity (Wildman–Crippen MR) is 46.2 cm³/mol. The van der Waals surface area contributed by atoms with Crippen LogP contribution in [0.25, 0.3) is 0 Å². The third-order valence-corrected chi connectivity index (χ3v) is 5.61. The molecule has 0 aromatic carbocycles. The van der Waals surface area contributed by atoms with E-state index in [0.29, 0.717) is 23.7 Å². The quantitative estimate of drug-likeness (QED) is 0.600. The van der Waals surface area contributed by atoms with Crippen molar-refractivity contribution in [1.82, 2.24) is 0 Å². The van der Waals surface area contributed by atoms with Gasteiger partial charge in [0.05, 0.1) is 19.3 Å². The van der Waals surface area contributed by atoms with Crippen molar-refractivity contribution < 1.29 is 14.6 Å². The minimum absolute atomic E-state index is 0.0292. The molecule has 14 heavy (non-hydrogen) atoms. The second-order valence-electron chi connectivity index (χ2n) is 5.67. The maximum Gasteiger partial charge on any atom is 0.174 e. The van der Waals surface area contributed by atoms with Gasteiger partial charge >= 0.3 is 0 Å². The second kappa shape index (κ2) is 1.79. The summed E-state index contributed by atoms with van der Waals surface area (Å²) in [5.74, 6) is 3.57. The van der Waals surface area contributed by atoms with Gasteiger partial charge in [-0.05, 0) is 30.1 Å². The van der Waals surface area contributed by atoms with E-state index in [2.05, 4.69) is 0 Å². The molecule has 5 aliphatic rings. The standard InChI is InChI=1S/C11H14O3/c12-10-4-3-5-6-7(8(6)10)9(4)11(5)13-1-2-14-11/h4-10,12H,1-3H2. The molecule has 3 nitrogen and oxygen atoms in total. The number of aliphatic hydroxyl groups excluding tert-OH is 1. The highest BCUT2D eigenvalue weighted by molar-refractivity contribution is 5.31. The van der Waals surface area contributed by atoms with Crippen molar-refractivity contribution >= 4 is 0 Å². The maximum atomic E-state index is 10.1. The zero-order valence-corrected chi connectivity index (χ0v) is 7.93. The van der Waals surface area contributed by atoms with Crippen LogP contribution in [-0.4, -0.2) is 30.2 Å². The Kier molecular flexibility index (Phi) is 0.920. The zero-order valence-electron chi connectivity index (χ0n) is 7.93. The fourth-order valence-corrected chi connectivity index (χ4v) is 5.47. The average molecular weight is 194 g/mol. The molecule has 7 unspecified atom stereocenters. The molecule has 0 aromatic heterocycles. The van der Waals surface area contributed by atoms with Crippen LogP contribution in [0, 0.1) is 35.5 Å². The maximum absolute atomic E-state index is 10.1. The highest BCUT2D eigenvalue weighted by atomic mass is 16.7. The molecule has 3 heteroatoms. The molecule has 0 radical (unpaired) electrons. The lowest BCUT2D eigenvalue weighted by molar-refractivity contribution is -0.199. The Hall–Kier alpha value is -0.120. The number of hydrogen-bond acceptors (Lipinski definition) is 3. The van der Waals surface area contributed by atoms with Gasteiger partial charge in [0, 0.05) is 11.8 Å². The van der Waals surface area contributed by atoms with E-state index in [1.165, 1.54) is 0 Å². The summed E-state index contributed by atoms with van der Waals surface area (Å²) in [6, 6.07) is 0. The van der Waals surface area contributed by atoms with E-state index in [1.807, 2.05) is 0 Å². The molecule has 1 saturated heterocycles. The monoisotopic (exact) mass is 194 g/mol. The number of aliphatic hydroxyl groups is 1. The van der Waals surface area contributed by atoms with Gasteiger partial charge in [-0.2, -0.15) is 0 Å². The Morgan fingerprint density at radius 3 is 2.50 bits per heavy atom. The summed E-state index contributed by atoms with van der Waals surface area (Å²) in [7, 11) is 0. The van der Waals surface area contributed by atoms with Crippen LogP contribution in [0.1, 0.15) is 6.42 Å². The summed E-state index contributed by atoms with van der Waals surface area (Å²) in [6.45, 7) is 1.53. The molecular formula is C11H14O3. The van der Waals surface area contributed by atoms with Gasteiger partial charge in [0.25, 0.3) is 0 Å². The first-order chi connectivity index (χ1) is 6.84. The molecule has 2 bridgehead atoms. The molecular weight excluding hydrogens is 180 g/mol. The minimum Gasteiger partial charge on any atom is -0.393 e. The summed E-state index contributed by atoms with van der Waals surface area (Å²) in [6.07, 6.45) is 1.13. The van der Waals surface area contributed by atoms with Gasteiger partial charge in [0.2, 0.25) is 0 Å². The smallest absolute Gasteiger partial charge is 0.174 e. The molecule has 76 valence electrons. The van der Waals surface area contributed by atoms with Crippen molar-refractivity contribution in [3.8, 4) is 0 Å². The minimum atomic E-state index is -0.228. The number of fused-ring (bicyclic) bond motifs is 2. The molecule has 4 aliphatic carbocycles. The van der Waals surface area contributed by atoms with E-state index < -0.39 is 0 Å². The summed E-state index contributed by atoms with van der Waals surface area (Å²) < 4.78 is 11.8. The topological polar surface area (TPSA) is 38.7 Å². The van der Waals surface area contributed by atoms with E-state index in [1.54, 1.807) is 0 Å². The lowest BCUT2D eigenvalue weighted by Crippen LogP contribution is -2.38. The molecule has 1 aliphatic heterocycles. The molecule has 4 saturated carbocycles. The van der Waals surface area contributed by atoms with Gasteiger partial charge in [-0.15, -0.1) is 0 Å². The van der Waals surface area contributed by atoms with E-state index in [0.717, 1.165) is 31.5 Å². The van der Waals surface area contributed by atoms with Crippen LogP contribution in [0.2, 0.25) is 0 Å². The average Bonchev–Trinajstić information content (AvgIpc) is 2.54. The van der Waals surface area contributed by atoms with Gasteiger partial charge in [-0.3, -0.25) is 0 Å². The Bertz CT molecular complexity index is 318. The van der Waals surface area contributed by atoms with E-state index in [9.17, 15) is 5.11 Å². The Morgan fingerprint density at radius 1 is 1.07 bits per heavy atom. The summed E-state index contributed by atoms with van der Waals surface area (Å²) in [5, 5.41) is 10.1. The normalized spacial score (nSPS) is 69.6. The molecule has 0 aromatic rings. The van der Waals surface area contributed by atoms with Gasteiger partial charge in [-0.1, -0.05) is 0 Å². The van der Waals surface area contributed by atoms with Crippen LogP contribution in [0.4, 0.5) is 0 Å². The molecule has 0 amide bonds. The van der Waals surface area contributed by atoms with Crippen molar-refractivity contribution in [3.63, 3.8) is 0 Å². The first-order valence-corrected chi connectivity index (χ1v) is 5.80. The van der Waals surface area contributed by atoms with Crippen LogP contribution in [0.15, 0.2) is 0 Å². The van der Waals surface area contributed by atoms with Crippen LogP contribution in [0.3, 0.4) is 0 Å². The third kappa shape index (κ3) is 0.467. The summed E-state index contributed by atoms with van der Waals surface area (Å²) >= 11 is 0. The Balaban J connectivity index is 1.69. The number of rotatable bonds is 0. The van der Waals surface area contributed by atoms with Crippen molar-refractivity contribution in [1.29, 1.82) is 0 Å². The van der Waals surface area contributed by atoms with Crippen molar-refractivity contribution in [2.24, 2.45) is 35.5 Å². The van der Waals surface area contributed by atoms with Gasteiger partial charge in [0.1, 0.15) is 0 Å². The first-order valence-electron chi connectivity index (χ1n) is 5.80. The molecule has 1 heterocycles. The van der Waals surface area contributed by atoms with E-state index >= 15 is 0 Å². The lowest BCUT2D eigenvalue weighted by atomic mass is 9.84. The van der Waals surface area contributed by atoms with Crippen LogP contribution >= 0.6 is 0 Å². The number of hydrogen-bond donors (Lipinski definition) is 1. The van der Waals surface area contributed by atoms with Gasteiger partial charge < -0.3 is 14.6 Å². The van der Waals surface area contributed by atoms with Gasteiger partial charge in [0.15, 0.2) is 5.79 Å². The van der Waals surface area contributed by atoms with Crippen molar-refractivity contribution in [3.05, 3.63) is 0 Å². The van der Waals surface area contributed by atoms with Gasteiger partial charge in [-0.25, -0.2) is 0 Å². The summed E-state index contributed by atoms with van der Waals surface area (Å²) in [5.41, 5.74) is 0. The third-order valence-electron chi connectivity index (χ3n) is 5.61. The van der Waals surface area contributed by atoms with Crippen LogP contribution < -0.4 is 0 Å². The summed E-state index contributed by atoms with van der Waals surface area (Å²) in [4.78, 5) is 0. The lowest BCUT2D eigenvalue weighted by Gasteiger charge is -2.30. The van der Waals surface area contributed by atoms with Crippen molar-refractivity contribution in [2.75, 3.05) is 13.2 Å². The van der Waals surface area contributed by atoms with E-state index in [-0.39, 0.29) is 11.9 Å². The Morgan fingerprint density at radius 2 is 1.86 bits per heavy atom. The fraction of sp³-hybridized carbons (Fsp3) is 1.00. The van der Waals surface area contributed by atoms with Crippen molar-refractivity contribution in [2.45, 2.75) is 18.3 Å². The molecule has 1 spiro atoms. The largest absolute Gasteiger partial charge is 0.393 e. The highest BCUT2D eigenvalue weighted by Gasteiger charge is 2.86. The Labute approximate surface area is 82.4 Å². The first kappa shape index (κ1) is 7.20. The molecule has 1 N–H and O–H groups in total. The molecule has 5 fully saturated rings. The highest BCUT2D eigenvalue weighted by Crippen LogP contribution is 2.82. The predicted octanol–water partition coefficient (Wildman–Crippen LogP) is 0.232. The zero-order chi connectivity index (χ0) is 9.08. The fourth-order valence-electron chi connectivity index (χ4n) is 5.47. The molecule has 7 atom stereocenters.